The van der Waals surface area contributed by atoms with Gasteiger partial charge in [-0.25, -0.2) is 19.4 Å². The van der Waals surface area contributed by atoms with Crippen LogP contribution in [0.5, 0.6) is 0 Å². The summed E-state index contributed by atoms with van der Waals surface area (Å²) >= 11 is 0. The second-order valence-electron chi connectivity index (χ2n) is 26.1. The van der Waals surface area contributed by atoms with Crippen LogP contribution in [0.4, 0.5) is 5.95 Å². The number of methoxy groups -OCH3 is 2. The number of carbonyl (C=O) groups is 6. The van der Waals surface area contributed by atoms with Crippen LogP contribution in [-0.4, -0.2) is 187 Å². The smallest absolute Gasteiger partial charge is 0.329 e. The van der Waals surface area contributed by atoms with Gasteiger partial charge in [-0.1, -0.05) is 87.6 Å². The number of anilines is 1. The Labute approximate surface area is 541 Å². The van der Waals surface area contributed by atoms with Crippen LogP contribution in [0.3, 0.4) is 0 Å². The second-order valence-corrected chi connectivity index (χ2v) is 26.1. The third-order valence-corrected chi connectivity index (χ3v) is 19.4. The zero-order valence-electron chi connectivity index (χ0n) is 54.7. The van der Waals surface area contributed by atoms with E-state index in [9.17, 15) is 44.1 Å². The highest BCUT2D eigenvalue weighted by Gasteiger charge is 2.53. The van der Waals surface area contributed by atoms with E-state index < -0.39 is 95.4 Å². The molecule has 15 atom stereocenters. The number of fused-ring (bicyclic) bond motifs is 3. The van der Waals surface area contributed by atoms with Gasteiger partial charge in [-0.05, 0) is 113 Å². The maximum Gasteiger partial charge on any atom is 0.329 e. The van der Waals surface area contributed by atoms with Gasteiger partial charge in [0.05, 0.1) is 36.2 Å². The molecule has 0 radical (unpaired) electrons. The quantitative estimate of drug-likeness (QED) is 0.0658. The topological polar surface area (TPSA) is 292 Å². The Hall–Kier alpha value is -7.10. The fourth-order valence-corrected chi connectivity index (χ4v) is 13.6. The molecule has 3 aromatic rings. The van der Waals surface area contributed by atoms with Crippen LogP contribution in [0, 0.1) is 41.9 Å². The molecule has 0 spiro atoms. The van der Waals surface area contributed by atoms with Crippen LogP contribution in [0.2, 0.25) is 0 Å². The zero-order chi connectivity index (χ0) is 66.4. The van der Waals surface area contributed by atoms with Crippen molar-refractivity contribution in [2.24, 2.45) is 35.3 Å². The van der Waals surface area contributed by atoms with Crippen LogP contribution in [-0.2, 0) is 47.7 Å². The molecule has 2 amide bonds. The molecule has 0 unspecified atom stereocenters. The number of benzene rings is 1. The Morgan fingerprint density at radius 1 is 0.848 bits per heavy atom. The normalized spacial score (nSPS) is 32.9. The number of esters is 1. The van der Waals surface area contributed by atoms with E-state index in [1.165, 1.54) is 13.0 Å². The highest BCUT2D eigenvalue weighted by atomic mass is 16.6. The lowest BCUT2D eigenvalue weighted by Gasteiger charge is -2.42. The summed E-state index contributed by atoms with van der Waals surface area (Å²) in [4.78, 5) is 98.8. The van der Waals surface area contributed by atoms with Gasteiger partial charge in [-0.3, -0.25) is 24.0 Å². The number of aromatic nitrogens is 5. The molecule has 92 heavy (non-hydrogen) atoms. The van der Waals surface area contributed by atoms with Gasteiger partial charge in [-0.2, -0.15) is 0 Å². The van der Waals surface area contributed by atoms with Crippen molar-refractivity contribution < 1.29 is 63.0 Å². The SMILES string of the molecule is C#CCCC(=O)N1CCN(c2ncc(-c3cccc(-c4cnnn4[C@H]4CC[C@@H](C[C@@H](N)[C@@H]5CC(=O)[C@H](C)/C=C(\C)[C@@H](O)[C@@H](O)C(=O)[C@H](C)C[C@H](C)/C=C/C=C/C=C(\C)[C@@H](OC)C[C@@H]6CC[C@@H](C)[C@@](O)(O6)C(=O)C(=O)N6CCCC[C@H]6C(=O)O5)C[C@H]4OC)c3)cn2)CC1. The first kappa shape index (κ1) is 70.8. The minimum Gasteiger partial charge on any atom is -0.459 e. The highest BCUT2D eigenvalue weighted by molar-refractivity contribution is 6.39. The monoisotopic (exact) mass is 1270 g/mol. The van der Waals surface area contributed by atoms with Gasteiger partial charge in [0.25, 0.3) is 11.7 Å². The molecule has 6 heterocycles. The number of hydrogen-bond acceptors (Lipinski definition) is 19. The molecule has 2 aromatic heterocycles. The van der Waals surface area contributed by atoms with Crippen molar-refractivity contribution in [3.63, 3.8) is 0 Å². The molecule has 5 N–H and O–H groups in total. The Kier molecular flexibility index (Phi) is 25.1. The summed E-state index contributed by atoms with van der Waals surface area (Å²) in [6, 6.07) is 5.56. The van der Waals surface area contributed by atoms with Gasteiger partial charge in [0.2, 0.25) is 17.6 Å². The Morgan fingerprint density at radius 3 is 2.30 bits per heavy atom. The van der Waals surface area contributed by atoms with E-state index in [2.05, 4.69) is 21.1 Å². The number of cyclic esters (lactones) is 1. The second kappa shape index (κ2) is 32.6. The summed E-state index contributed by atoms with van der Waals surface area (Å²) in [6.07, 6.45) is 20.5. The average Bonchev–Trinajstić information content (AvgIpc) is 1.07. The third kappa shape index (κ3) is 17.4. The minimum atomic E-state index is -2.49. The van der Waals surface area contributed by atoms with Gasteiger partial charge in [0.15, 0.2) is 5.78 Å². The average molecular weight is 1270 g/mol. The van der Waals surface area contributed by atoms with Crippen LogP contribution in [0.1, 0.15) is 137 Å². The summed E-state index contributed by atoms with van der Waals surface area (Å²) in [5, 5.41) is 43.6. The Morgan fingerprint density at radius 2 is 1.59 bits per heavy atom. The number of rotatable bonds is 11. The first-order valence-electron chi connectivity index (χ1n) is 32.7. The van der Waals surface area contributed by atoms with Gasteiger partial charge < -0.3 is 54.7 Å². The summed E-state index contributed by atoms with van der Waals surface area (Å²) in [5.74, 6) is -5.84. The van der Waals surface area contributed by atoms with Crippen molar-refractivity contribution in [2.75, 3.05) is 51.8 Å². The predicted molar refractivity (Wildman–Crippen MR) is 346 cm³/mol. The number of piperidine rings is 1. The lowest BCUT2D eigenvalue weighted by Crippen LogP contribution is -2.61. The largest absolute Gasteiger partial charge is 0.459 e. The number of nitrogens with two attached hydrogens (primary N) is 1. The number of piperazine rings is 1. The minimum absolute atomic E-state index is 0.0193. The number of allylic oxidation sites excluding steroid dienone is 6. The van der Waals surface area contributed by atoms with E-state index in [0.717, 1.165) is 32.9 Å². The molecule has 3 saturated heterocycles. The maximum atomic E-state index is 14.8. The number of aliphatic hydroxyl groups excluding tert-OH is 2. The van der Waals surface area contributed by atoms with E-state index >= 15 is 0 Å². The van der Waals surface area contributed by atoms with E-state index in [1.54, 1.807) is 53.6 Å². The van der Waals surface area contributed by atoms with Gasteiger partial charge >= 0.3 is 5.97 Å². The van der Waals surface area contributed by atoms with Gasteiger partial charge in [0.1, 0.15) is 30.1 Å². The van der Waals surface area contributed by atoms with E-state index in [4.69, 9.17) is 41.1 Å². The van der Waals surface area contributed by atoms with Crippen molar-refractivity contribution in [1.29, 1.82) is 0 Å². The molecular formula is C70H95N9O13. The number of nitrogens with zero attached hydrogens (tertiary/aromatic N) is 8. The van der Waals surface area contributed by atoms with Crippen molar-refractivity contribution >= 4 is 41.1 Å². The van der Waals surface area contributed by atoms with Crippen molar-refractivity contribution in [2.45, 2.75) is 192 Å². The molecule has 22 heteroatoms. The predicted octanol–water partition coefficient (Wildman–Crippen LogP) is 6.88. The molecule has 8 rings (SSSR count). The van der Waals surface area contributed by atoms with Crippen LogP contribution >= 0.6 is 0 Å². The molecule has 5 aliphatic rings. The first-order chi connectivity index (χ1) is 44.0. The number of ketones is 3. The van der Waals surface area contributed by atoms with Gasteiger partial charge in [-0.15, -0.1) is 17.4 Å². The molecule has 2 bridgehead atoms. The fraction of sp³-hybridized carbons (Fsp3) is 0.600. The van der Waals surface area contributed by atoms with Crippen LogP contribution in [0.25, 0.3) is 22.4 Å². The number of Topliss-reactive ketones (excluding diaryl/α,β-unsaturated/α-hetero) is 3. The fourth-order valence-electron chi connectivity index (χ4n) is 13.6. The molecular weight excluding hydrogens is 1170 g/mol. The number of amides is 2. The summed E-state index contributed by atoms with van der Waals surface area (Å²) in [7, 11) is 3.20. The van der Waals surface area contributed by atoms with Crippen molar-refractivity contribution in [1.82, 2.24) is 34.8 Å². The summed E-state index contributed by atoms with van der Waals surface area (Å²) < 4.78 is 26.5. The summed E-state index contributed by atoms with van der Waals surface area (Å²) in [6.45, 7) is 12.7. The maximum absolute atomic E-state index is 14.8. The molecule has 4 aliphatic heterocycles. The molecule has 1 saturated carbocycles. The van der Waals surface area contributed by atoms with E-state index in [1.807, 2.05) is 78.1 Å². The van der Waals surface area contributed by atoms with Gasteiger partial charge in [0, 0.05) is 120 Å². The highest BCUT2D eigenvalue weighted by Crippen LogP contribution is 2.40. The molecule has 1 aromatic carbocycles. The Bertz CT molecular complexity index is 3220. The lowest BCUT2D eigenvalue weighted by molar-refractivity contribution is -0.265. The van der Waals surface area contributed by atoms with Crippen LogP contribution < -0.4 is 10.6 Å². The third-order valence-electron chi connectivity index (χ3n) is 19.4. The number of carbonyl (C=O) groups excluding carboxylic acids is 6. The number of hydrogen-bond donors (Lipinski definition) is 4. The molecule has 22 nitrogen and oxygen atoms in total. The number of terminal acetylenes is 1. The molecule has 1 aliphatic carbocycles. The van der Waals surface area contributed by atoms with Crippen molar-refractivity contribution in [3.05, 3.63) is 90.5 Å². The lowest BCUT2D eigenvalue weighted by atomic mass is 9.79. The van der Waals surface area contributed by atoms with Crippen LogP contribution in [0.15, 0.2) is 90.5 Å². The zero-order valence-corrected chi connectivity index (χ0v) is 54.7. The standard InChI is InChI=1S/C70H95N9O13/c1-10-11-23-62(81)76-29-31-77(32-30-76)69-72-40-52(41-73-69)50-20-17-21-51(37-50)57-42-74-75-79(57)55-27-25-49(36-61(55)90-9)35-54(71)60-39-58(80)45(4)34-47(6)64(83)65(84)63(82)46(5)33-43(2)18-13-12-14-19-44(3)59(89-8)38-53-26-24-48(7)70(88,92-53)66(85)67(86)78-28-16-15-22-56(78)68(87)91-60/h1,12-14,17-21,34,37,40-43,45-46,48-49,53-56,59-61,64-65,83-84,88H,11,15-16,22-33,35-36,38-39,71H2,2-9H3/b14-12+,18-13+,44-19+,47-34+/t43-,45-,46-,48-,49+,53+,54-,55+,56+,59+,60+,61-,64-,65+,70-/m1/s1. The molecule has 498 valence electrons. The van der Waals surface area contributed by atoms with E-state index in [0.29, 0.717) is 103 Å². The Balaban J connectivity index is 0.998. The first-order valence-corrected chi connectivity index (χ1v) is 32.7. The molecule has 4 fully saturated rings. The van der Waals surface area contributed by atoms with E-state index in [-0.39, 0.29) is 61.3 Å². The number of ether oxygens (including phenoxy) is 4. The number of aliphatic hydroxyl groups is 3. The summed E-state index contributed by atoms with van der Waals surface area (Å²) in [5.41, 5.74) is 11.5. The van der Waals surface area contributed by atoms with Crippen molar-refractivity contribution in [3.8, 4) is 34.7 Å².